The first-order chi connectivity index (χ1) is 9.36. The number of aliphatic carboxylic acids is 1. The number of carbonyl (C=O) groups excluding carboxylic acids is 1. The number of nitrogens with one attached hydrogen (secondary N) is 1. The summed E-state index contributed by atoms with van der Waals surface area (Å²) in [6.07, 6.45) is 4.07. The van der Waals surface area contributed by atoms with Crippen molar-refractivity contribution in [3.05, 3.63) is 0 Å². The van der Waals surface area contributed by atoms with E-state index in [-0.39, 0.29) is 16.9 Å². The highest BCUT2D eigenvalue weighted by Gasteiger charge is 2.45. The molecule has 20 heavy (non-hydrogen) atoms. The number of rotatable bonds is 5. The van der Waals surface area contributed by atoms with Crippen LogP contribution in [-0.2, 0) is 4.79 Å². The van der Waals surface area contributed by atoms with E-state index in [9.17, 15) is 14.7 Å². The van der Waals surface area contributed by atoms with Crippen LogP contribution in [0.1, 0.15) is 46.5 Å². The Balaban J connectivity index is 2.08. The number of carbonyl (C=O) groups is 2. The summed E-state index contributed by atoms with van der Waals surface area (Å²) in [5.74, 6) is 0.0992. The maximum atomic E-state index is 12.5. The fourth-order valence-electron chi connectivity index (χ4n) is 2.74. The lowest BCUT2D eigenvalue weighted by atomic mass is 9.99. The van der Waals surface area contributed by atoms with Gasteiger partial charge in [-0.2, -0.15) is 0 Å². The van der Waals surface area contributed by atoms with Crippen LogP contribution in [0, 0.1) is 5.92 Å². The van der Waals surface area contributed by atoms with Crippen LogP contribution in [0.5, 0.6) is 0 Å². The fourth-order valence-corrected chi connectivity index (χ4v) is 4.26. The molecule has 114 valence electrons. The zero-order valence-corrected chi connectivity index (χ0v) is 13.2. The number of thioether (sulfide) groups is 1. The number of hydrogen-bond acceptors (Lipinski definition) is 3. The first-order valence-electron chi connectivity index (χ1n) is 7.31. The molecule has 2 aliphatic rings. The number of urea groups is 1. The van der Waals surface area contributed by atoms with Gasteiger partial charge in [0, 0.05) is 11.3 Å². The molecular formula is C14H24N2O3S. The number of nitrogens with zero attached hydrogens (tertiary/aromatic N) is 1. The van der Waals surface area contributed by atoms with E-state index in [4.69, 9.17) is 0 Å². The first-order valence-corrected chi connectivity index (χ1v) is 8.36. The molecule has 0 radical (unpaired) electrons. The third-order valence-corrected chi connectivity index (χ3v) is 5.53. The molecule has 0 aromatic heterocycles. The summed E-state index contributed by atoms with van der Waals surface area (Å²) < 4.78 is 0. The number of carboxylic acids is 1. The minimum Gasteiger partial charge on any atom is -0.480 e. The molecule has 2 atom stereocenters. The van der Waals surface area contributed by atoms with Gasteiger partial charge in [0.05, 0.1) is 5.37 Å². The molecule has 0 aromatic rings. The lowest BCUT2D eigenvalue weighted by molar-refractivity contribution is -0.141. The van der Waals surface area contributed by atoms with Crippen LogP contribution >= 0.6 is 11.8 Å². The second-order valence-electron chi connectivity index (χ2n) is 6.26. The predicted molar refractivity (Wildman–Crippen MR) is 79.8 cm³/mol. The molecule has 1 heterocycles. The van der Waals surface area contributed by atoms with Crippen LogP contribution in [0.25, 0.3) is 0 Å². The SMILES string of the molecule is CCCC1SCC(C(=O)O)N1C(=O)NC(C)(C)C1CC1. The lowest BCUT2D eigenvalue weighted by Crippen LogP contribution is -2.56. The maximum absolute atomic E-state index is 12.5. The molecular weight excluding hydrogens is 276 g/mol. The second-order valence-corrected chi connectivity index (χ2v) is 7.47. The Bertz CT molecular complexity index is 396. The van der Waals surface area contributed by atoms with Crippen molar-refractivity contribution in [2.45, 2.75) is 63.4 Å². The van der Waals surface area contributed by atoms with Gasteiger partial charge in [-0.15, -0.1) is 11.8 Å². The molecule has 5 nitrogen and oxygen atoms in total. The summed E-state index contributed by atoms with van der Waals surface area (Å²) >= 11 is 1.57. The standard InChI is InChI=1S/C14H24N2O3S/c1-4-5-11-16(10(8-20-11)12(17)18)13(19)15-14(2,3)9-6-7-9/h9-11H,4-8H2,1-3H3,(H,15,19)(H,17,18). The molecule has 2 rings (SSSR count). The number of carboxylic acid groups (broad SMARTS) is 1. The molecule has 2 amide bonds. The second kappa shape index (κ2) is 5.84. The van der Waals surface area contributed by atoms with Gasteiger partial charge < -0.3 is 10.4 Å². The fraction of sp³-hybridized carbons (Fsp3) is 0.857. The van der Waals surface area contributed by atoms with Gasteiger partial charge in [0.1, 0.15) is 6.04 Å². The van der Waals surface area contributed by atoms with Crippen molar-refractivity contribution in [3.8, 4) is 0 Å². The van der Waals surface area contributed by atoms with E-state index in [0.29, 0.717) is 11.7 Å². The summed E-state index contributed by atoms with van der Waals surface area (Å²) in [4.78, 5) is 25.4. The minimum atomic E-state index is -0.907. The molecule has 2 fully saturated rings. The maximum Gasteiger partial charge on any atom is 0.327 e. The highest BCUT2D eigenvalue weighted by Crippen LogP contribution is 2.40. The molecule has 0 bridgehead atoms. The predicted octanol–water partition coefficient (Wildman–Crippen LogP) is 2.51. The Morgan fingerprint density at radius 2 is 2.05 bits per heavy atom. The minimum absolute atomic E-state index is 0.0175. The topological polar surface area (TPSA) is 69.6 Å². The molecule has 6 heteroatoms. The molecule has 2 N–H and O–H groups in total. The monoisotopic (exact) mass is 300 g/mol. The van der Waals surface area contributed by atoms with Gasteiger partial charge in [0.25, 0.3) is 0 Å². The molecule has 1 aliphatic heterocycles. The quantitative estimate of drug-likeness (QED) is 0.818. The van der Waals surface area contributed by atoms with E-state index in [2.05, 4.69) is 12.2 Å². The Hall–Kier alpha value is -0.910. The molecule has 1 saturated heterocycles. The van der Waals surface area contributed by atoms with Gasteiger partial charge >= 0.3 is 12.0 Å². The third-order valence-electron chi connectivity index (χ3n) is 4.17. The van der Waals surface area contributed by atoms with E-state index in [1.165, 1.54) is 0 Å². The zero-order valence-electron chi connectivity index (χ0n) is 12.4. The van der Waals surface area contributed by atoms with Gasteiger partial charge in [-0.1, -0.05) is 13.3 Å². The van der Waals surface area contributed by atoms with Crippen LogP contribution in [0.3, 0.4) is 0 Å². The molecule has 0 spiro atoms. The van der Waals surface area contributed by atoms with Gasteiger partial charge in [0.15, 0.2) is 0 Å². The highest BCUT2D eigenvalue weighted by molar-refractivity contribution is 8.00. The van der Waals surface area contributed by atoms with E-state index in [1.807, 2.05) is 13.8 Å². The molecule has 2 unspecified atom stereocenters. The van der Waals surface area contributed by atoms with Gasteiger partial charge in [-0.25, -0.2) is 9.59 Å². The average Bonchev–Trinajstić information content (AvgIpc) is 3.11. The van der Waals surface area contributed by atoms with E-state index in [0.717, 1.165) is 25.7 Å². The Morgan fingerprint density at radius 1 is 1.40 bits per heavy atom. The van der Waals surface area contributed by atoms with E-state index in [1.54, 1.807) is 16.7 Å². The summed E-state index contributed by atoms with van der Waals surface area (Å²) in [7, 11) is 0. The zero-order chi connectivity index (χ0) is 14.9. The normalized spacial score (nSPS) is 26.6. The van der Waals surface area contributed by atoms with Crippen molar-refractivity contribution >= 4 is 23.8 Å². The van der Waals surface area contributed by atoms with Gasteiger partial charge in [-0.3, -0.25) is 4.90 Å². The highest BCUT2D eigenvalue weighted by atomic mass is 32.2. The smallest absolute Gasteiger partial charge is 0.327 e. The Morgan fingerprint density at radius 3 is 2.55 bits per heavy atom. The van der Waals surface area contributed by atoms with Crippen molar-refractivity contribution in [1.82, 2.24) is 10.2 Å². The first kappa shape index (κ1) is 15.5. The van der Waals surface area contributed by atoms with Gasteiger partial charge in [0.2, 0.25) is 0 Å². The largest absolute Gasteiger partial charge is 0.480 e. The molecule has 1 saturated carbocycles. The van der Waals surface area contributed by atoms with Crippen molar-refractivity contribution in [2.75, 3.05) is 5.75 Å². The van der Waals surface area contributed by atoms with Crippen LogP contribution in [-0.4, -0.2) is 44.7 Å². The van der Waals surface area contributed by atoms with E-state index >= 15 is 0 Å². The summed E-state index contributed by atoms with van der Waals surface area (Å²) in [6, 6.07) is -0.927. The summed E-state index contributed by atoms with van der Waals surface area (Å²) in [5.41, 5.74) is -0.246. The average molecular weight is 300 g/mol. The van der Waals surface area contributed by atoms with Crippen molar-refractivity contribution < 1.29 is 14.7 Å². The lowest BCUT2D eigenvalue weighted by Gasteiger charge is -2.33. The summed E-state index contributed by atoms with van der Waals surface area (Å²) in [6.45, 7) is 6.10. The third kappa shape index (κ3) is 3.22. The van der Waals surface area contributed by atoms with Gasteiger partial charge in [-0.05, 0) is 39.0 Å². The van der Waals surface area contributed by atoms with Crippen LogP contribution < -0.4 is 5.32 Å². The summed E-state index contributed by atoms with van der Waals surface area (Å²) in [5, 5.41) is 12.3. The number of hydrogen-bond donors (Lipinski definition) is 2. The van der Waals surface area contributed by atoms with E-state index < -0.39 is 12.0 Å². The van der Waals surface area contributed by atoms with Crippen LogP contribution in [0.2, 0.25) is 0 Å². The van der Waals surface area contributed by atoms with Crippen molar-refractivity contribution in [1.29, 1.82) is 0 Å². The van der Waals surface area contributed by atoms with Crippen LogP contribution in [0.4, 0.5) is 4.79 Å². The van der Waals surface area contributed by atoms with Crippen molar-refractivity contribution in [3.63, 3.8) is 0 Å². The van der Waals surface area contributed by atoms with Crippen LogP contribution in [0.15, 0.2) is 0 Å². The van der Waals surface area contributed by atoms with Crippen molar-refractivity contribution in [2.24, 2.45) is 5.92 Å². The molecule has 1 aliphatic carbocycles. The Labute approximate surface area is 124 Å². The Kier molecular flexibility index (Phi) is 4.52. The number of amides is 2. The molecule has 0 aromatic carbocycles.